The number of hydrogen-bond donors (Lipinski definition) is 1. The molecule has 2 atom stereocenters. The number of rotatable bonds is 4. The fourth-order valence-corrected chi connectivity index (χ4v) is 3.56. The molecule has 25 heavy (non-hydrogen) atoms. The van der Waals surface area contributed by atoms with Crippen molar-refractivity contribution in [3.63, 3.8) is 0 Å². The van der Waals surface area contributed by atoms with E-state index in [1.54, 1.807) is 6.07 Å². The van der Waals surface area contributed by atoms with Crippen molar-refractivity contribution < 1.29 is 18.3 Å². The summed E-state index contributed by atoms with van der Waals surface area (Å²) in [4.78, 5) is 1.85. The molecule has 3 rings (SSSR count). The van der Waals surface area contributed by atoms with Gasteiger partial charge >= 0.3 is 6.18 Å². The van der Waals surface area contributed by atoms with Gasteiger partial charge in [-0.15, -0.1) is 10.2 Å². The van der Waals surface area contributed by atoms with Crippen LogP contribution >= 0.6 is 0 Å². The van der Waals surface area contributed by atoms with Gasteiger partial charge in [-0.05, 0) is 31.9 Å². The number of alkyl halides is 3. The fourth-order valence-electron chi connectivity index (χ4n) is 3.56. The van der Waals surface area contributed by atoms with Crippen molar-refractivity contribution in [2.24, 2.45) is 0 Å². The van der Waals surface area contributed by atoms with Crippen LogP contribution in [0.1, 0.15) is 42.2 Å². The number of aliphatic hydroxyl groups excluding tert-OH is 1. The third-order valence-electron chi connectivity index (χ3n) is 4.68. The Morgan fingerprint density at radius 1 is 1.24 bits per heavy atom. The van der Waals surface area contributed by atoms with Crippen molar-refractivity contribution >= 4 is 0 Å². The molecule has 136 valence electrons. The highest BCUT2D eigenvalue weighted by Crippen LogP contribution is 2.40. The van der Waals surface area contributed by atoms with Gasteiger partial charge in [0.1, 0.15) is 11.6 Å². The van der Waals surface area contributed by atoms with Crippen LogP contribution in [0.3, 0.4) is 0 Å². The minimum absolute atomic E-state index is 0.200. The van der Waals surface area contributed by atoms with Crippen LogP contribution in [0.25, 0.3) is 0 Å². The van der Waals surface area contributed by atoms with Gasteiger partial charge in [-0.2, -0.15) is 13.2 Å². The molecule has 5 nitrogen and oxygen atoms in total. The summed E-state index contributed by atoms with van der Waals surface area (Å²) in [6.07, 6.45) is -4.81. The average molecular weight is 354 g/mol. The normalized spacial score (nSPS) is 21.8. The van der Waals surface area contributed by atoms with Crippen LogP contribution in [-0.2, 0) is 19.3 Å². The second-order valence-electron chi connectivity index (χ2n) is 6.33. The first-order valence-electron chi connectivity index (χ1n) is 8.28. The zero-order valence-corrected chi connectivity index (χ0v) is 14.2. The molecule has 0 saturated carbocycles. The maximum Gasteiger partial charge on any atom is 0.416 e. The lowest BCUT2D eigenvalue weighted by Gasteiger charge is -2.26. The van der Waals surface area contributed by atoms with Gasteiger partial charge in [-0.3, -0.25) is 4.90 Å². The lowest BCUT2D eigenvalue weighted by molar-refractivity contribution is -0.138. The van der Waals surface area contributed by atoms with E-state index in [-0.39, 0.29) is 12.0 Å². The highest BCUT2D eigenvalue weighted by molar-refractivity contribution is 5.33. The first kappa shape index (κ1) is 17.9. The number of hydrogen-bond acceptors (Lipinski definition) is 4. The summed E-state index contributed by atoms with van der Waals surface area (Å²) in [6.45, 7) is 5.16. The monoisotopic (exact) mass is 354 g/mol. The molecule has 0 unspecified atom stereocenters. The highest BCUT2D eigenvalue weighted by Gasteiger charge is 2.40. The third-order valence-corrected chi connectivity index (χ3v) is 4.68. The highest BCUT2D eigenvalue weighted by atomic mass is 19.4. The van der Waals surface area contributed by atoms with Crippen molar-refractivity contribution in [1.82, 2.24) is 19.7 Å². The van der Waals surface area contributed by atoms with Crippen LogP contribution in [0.15, 0.2) is 24.3 Å². The van der Waals surface area contributed by atoms with Gasteiger partial charge in [0, 0.05) is 19.1 Å². The Labute approximate surface area is 144 Å². The minimum Gasteiger partial charge on any atom is -0.392 e. The smallest absolute Gasteiger partial charge is 0.392 e. The molecule has 1 aliphatic heterocycles. The number of aliphatic hydroxyl groups is 1. The molecule has 0 bridgehead atoms. The third kappa shape index (κ3) is 3.55. The Hall–Kier alpha value is -1.93. The molecular weight excluding hydrogens is 333 g/mol. The molecule has 1 aromatic carbocycles. The summed E-state index contributed by atoms with van der Waals surface area (Å²) in [7, 11) is 0. The standard InChI is InChI=1S/C17H21F3N4O/c1-3-24-11(2)21-22-16(24)10-23-9-12(25)8-15(23)13-6-4-5-7-14(13)17(18,19)20/h4-7,12,15,25H,3,8-10H2,1-2H3/t12-,15+/m0/s1. The first-order chi connectivity index (χ1) is 11.8. The first-order valence-corrected chi connectivity index (χ1v) is 8.28. The van der Waals surface area contributed by atoms with Crippen molar-refractivity contribution in [3.05, 3.63) is 47.0 Å². The molecule has 2 heterocycles. The molecule has 2 aromatic rings. The van der Waals surface area contributed by atoms with Crippen molar-refractivity contribution in [1.29, 1.82) is 0 Å². The summed E-state index contributed by atoms with van der Waals surface area (Å²) in [5, 5.41) is 18.3. The van der Waals surface area contributed by atoms with Crippen LogP contribution in [0.4, 0.5) is 13.2 Å². The average Bonchev–Trinajstić information content (AvgIpc) is 3.09. The van der Waals surface area contributed by atoms with E-state index in [0.717, 1.165) is 11.9 Å². The zero-order chi connectivity index (χ0) is 18.2. The quantitative estimate of drug-likeness (QED) is 0.917. The number of benzene rings is 1. The van der Waals surface area contributed by atoms with Gasteiger partial charge in [0.25, 0.3) is 0 Å². The SMILES string of the molecule is CCn1c(C)nnc1CN1C[C@@H](O)C[C@@H]1c1ccccc1C(F)(F)F. The van der Waals surface area contributed by atoms with Crippen LogP contribution < -0.4 is 0 Å². The summed E-state index contributed by atoms with van der Waals surface area (Å²) in [6, 6.07) is 5.08. The van der Waals surface area contributed by atoms with E-state index in [0.29, 0.717) is 25.5 Å². The second-order valence-corrected chi connectivity index (χ2v) is 6.33. The molecule has 8 heteroatoms. The summed E-state index contributed by atoms with van der Waals surface area (Å²) in [5.41, 5.74) is -0.446. The molecule has 0 radical (unpaired) electrons. The maximum atomic E-state index is 13.4. The summed E-state index contributed by atoms with van der Waals surface area (Å²) >= 11 is 0. The van der Waals surface area contributed by atoms with Crippen molar-refractivity contribution in [2.75, 3.05) is 6.54 Å². The molecule has 1 aromatic heterocycles. The zero-order valence-electron chi connectivity index (χ0n) is 14.2. The van der Waals surface area contributed by atoms with E-state index in [1.807, 2.05) is 23.3 Å². The molecule has 1 N–H and O–H groups in total. The number of likely N-dealkylation sites (tertiary alicyclic amines) is 1. The predicted molar refractivity (Wildman–Crippen MR) is 85.7 cm³/mol. The Bertz CT molecular complexity index is 744. The Morgan fingerprint density at radius 3 is 2.64 bits per heavy atom. The van der Waals surface area contributed by atoms with E-state index >= 15 is 0 Å². The molecule has 1 aliphatic rings. The van der Waals surface area contributed by atoms with Crippen LogP contribution in [0, 0.1) is 6.92 Å². The Morgan fingerprint density at radius 2 is 1.96 bits per heavy atom. The largest absolute Gasteiger partial charge is 0.416 e. The number of aryl methyl sites for hydroxylation is 1. The molecule has 1 saturated heterocycles. The number of aromatic nitrogens is 3. The fraction of sp³-hybridized carbons (Fsp3) is 0.529. The maximum absolute atomic E-state index is 13.4. The summed E-state index contributed by atoms with van der Waals surface area (Å²) in [5.74, 6) is 1.47. The van der Waals surface area contributed by atoms with E-state index < -0.39 is 23.9 Å². The van der Waals surface area contributed by atoms with Crippen molar-refractivity contribution in [3.8, 4) is 0 Å². The van der Waals surface area contributed by atoms with E-state index in [1.165, 1.54) is 12.1 Å². The van der Waals surface area contributed by atoms with Crippen molar-refractivity contribution in [2.45, 2.75) is 51.7 Å². The Kier molecular flexibility index (Phi) is 4.83. The van der Waals surface area contributed by atoms with Gasteiger partial charge in [0.15, 0.2) is 0 Å². The number of β-amino-alcohol motifs (C(OH)–C–C–N with tert-alkyl or cyclic N) is 1. The van der Waals surface area contributed by atoms with Gasteiger partial charge in [-0.1, -0.05) is 18.2 Å². The van der Waals surface area contributed by atoms with Crippen LogP contribution in [0.2, 0.25) is 0 Å². The lowest BCUT2D eigenvalue weighted by Crippen LogP contribution is -2.27. The van der Waals surface area contributed by atoms with Crippen LogP contribution in [0.5, 0.6) is 0 Å². The molecule has 0 aliphatic carbocycles. The van der Waals surface area contributed by atoms with E-state index in [4.69, 9.17) is 0 Å². The van der Waals surface area contributed by atoms with Crippen LogP contribution in [-0.4, -0.2) is 37.4 Å². The summed E-state index contributed by atoms with van der Waals surface area (Å²) < 4.78 is 42.0. The molecule has 1 fully saturated rings. The molecule has 0 spiro atoms. The second kappa shape index (κ2) is 6.76. The Balaban J connectivity index is 1.93. The van der Waals surface area contributed by atoms with E-state index in [9.17, 15) is 18.3 Å². The van der Waals surface area contributed by atoms with Gasteiger partial charge in [-0.25, -0.2) is 0 Å². The minimum atomic E-state index is -4.42. The number of nitrogens with zero attached hydrogens (tertiary/aromatic N) is 4. The molecular formula is C17H21F3N4O. The van der Waals surface area contributed by atoms with Gasteiger partial charge < -0.3 is 9.67 Å². The number of halogens is 3. The topological polar surface area (TPSA) is 54.2 Å². The molecule has 0 amide bonds. The van der Waals surface area contributed by atoms with E-state index in [2.05, 4.69) is 10.2 Å². The lowest BCUT2D eigenvalue weighted by atomic mass is 9.97. The van der Waals surface area contributed by atoms with Gasteiger partial charge in [0.2, 0.25) is 0 Å². The van der Waals surface area contributed by atoms with Gasteiger partial charge in [0.05, 0.1) is 18.2 Å². The predicted octanol–water partition coefficient (Wildman–Crippen LogP) is 2.93.